The van der Waals surface area contributed by atoms with Gasteiger partial charge in [-0.25, -0.2) is 4.68 Å². The molecule has 2 aromatic heterocycles. The number of aromatic nitrogens is 2. The molecule has 0 aliphatic carbocycles. The van der Waals surface area contributed by atoms with Crippen LogP contribution in [0.3, 0.4) is 0 Å². The summed E-state index contributed by atoms with van der Waals surface area (Å²) in [6.07, 6.45) is 1.52. The van der Waals surface area contributed by atoms with E-state index in [9.17, 15) is 9.59 Å². The van der Waals surface area contributed by atoms with Gasteiger partial charge in [0.05, 0.1) is 39.8 Å². The third-order valence-electron chi connectivity index (χ3n) is 4.16. The summed E-state index contributed by atoms with van der Waals surface area (Å²) in [4.78, 5) is 24.3. The Morgan fingerprint density at radius 3 is 2.41 bits per heavy atom. The van der Waals surface area contributed by atoms with Crippen LogP contribution in [-0.4, -0.2) is 37.0 Å². The van der Waals surface area contributed by atoms with E-state index in [2.05, 4.69) is 10.4 Å². The van der Waals surface area contributed by atoms with Crippen LogP contribution in [0.1, 0.15) is 5.76 Å². The summed E-state index contributed by atoms with van der Waals surface area (Å²) >= 11 is 0. The Kier molecular flexibility index (Phi) is 6.18. The Morgan fingerprint density at radius 1 is 1.10 bits per heavy atom. The second-order valence-corrected chi connectivity index (χ2v) is 5.98. The minimum absolute atomic E-state index is 0.224. The fourth-order valence-electron chi connectivity index (χ4n) is 2.74. The topological polar surface area (TPSA) is 105 Å². The zero-order valence-corrected chi connectivity index (χ0v) is 16.3. The van der Waals surface area contributed by atoms with Gasteiger partial charge in [-0.2, -0.15) is 5.10 Å². The standard InChI is InChI=1S/C20H21N3O6/c1-26-16-9-13(10-17(27-2)20(16)28-3)15-6-7-19(25)23(22-15)12-18(24)21-11-14-5-4-8-29-14/h4-10H,11-12H2,1-3H3,(H,21,24). The van der Waals surface area contributed by atoms with Crippen molar-refractivity contribution in [1.82, 2.24) is 15.1 Å². The van der Waals surface area contributed by atoms with Gasteiger partial charge >= 0.3 is 0 Å². The molecule has 2 heterocycles. The lowest BCUT2D eigenvalue weighted by Crippen LogP contribution is -2.33. The summed E-state index contributed by atoms with van der Waals surface area (Å²) < 4.78 is 22.3. The zero-order valence-electron chi connectivity index (χ0n) is 16.3. The molecule has 3 rings (SSSR count). The first-order valence-corrected chi connectivity index (χ1v) is 8.73. The van der Waals surface area contributed by atoms with Crippen molar-refractivity contribution in [3.63, 3.8) is 0 Å². The summed E-state index contributed by atoms with van der Waals surface area (Å²) in [6, 6.07) is 9.83. The Bertz CT molecular complexity index is 1020. The number of furan rings is 1. The predicted molar refractivity (Wildman–Crippen MR) is 104 cm³/mol. The summed E-state index contributed by atoms with van der Waals surface area (Å²) in [7, 11) is 4.54. The van der Waals surface area contributed by atoms with Gasteiger partial charge in [-0.15, -0.1) is 0 Å². The Balaban J connectivity index is 1.85. The molecule has 0 radical (unpaired) electrons. The highest BCUT2D eigenvalue weighted by atomic mass is 16.5. The first-order chi connectivity index (χ1) is 14.0. The third-order valence-corrected chi connectivity index (χ3v) is 4.16. The van der Waals surface area contributed by atoms with Crippen LogP contribution < -0.4 is 25.1 Å². The number of benzene rings is 1. The molecule has 0 spiro atoms. The van der Waals surface area contributed by atoms with Crippen molar-refractivity contribution in [1.29, 1.82) is 0 Å². The highest BCUT2D eigenvalue weighted by Crippen LogP contribution is 2.40. The quantitative estimate of drug-likeness (QED) is 0.616. The zero-order chi connectivity index (χ0) is 20.8. The Morgan fingerprint density at radius 2 is 1.83 bits per heavy atom. The lowest BCUT2D eigenvalue weighted by atomic mass is 10.1. The molecule has 1 N–H and O–H groups in total. The van der Waals surface area contributed by atoms with Gasteiger partial charge in [-0.3, -0.25) is 9.59 Å². The third kappa shape index (κ3) is 4.57. The SMILES string of the molecule is COc1cc(-c2ccc(=O)n(CC(=O)NCc3ccco3)n2)cc(OC)c1OC. The van der Waals surface area contributed by atoms with Gasteiger partial charge in [-0.05, 0) is 30.3 Å². The predicted octanol–water partition coefficient (Wildman–Crippen LogP) is 1.85. The highest BCUT2D eigenvalue weighted by Gasteiger charge is 2.16. The number of rotatable bonds is 8. The molecular weight excluding hydrogens is 378 g/mol. The number of hydrogen-bond donors (Lipinski definition) is 1. The van der Waals surface area contributed by atoms with Crippen molar-refractivity contribution in [2.75, 3.05) is 21.3 Å². The number of nitrogens with one attached hydrogen (secondary N) is 1. The molecule has 9 nitrogen and oxygen atoms in total. The Labute approximate surface area is 166 Å². The minimum Gasteiger partial charge on any atom is -0.493 e. The summed E-state index contributed by atoms with van der Waals surface area (Å²) in [6.45, 7) is 0.00492. The van der Waals surface area contributed by atoms with Crippen LogP contribution in [0.4, 0.5) is 0 Å². The van der Waals surface area contributed by atoms with Crippen molar-refractivity contribution in [3.8, 4) is 28.5 Å². The van der Waals surface area contributed by atoms with Gasteiger partial charge in [0.15, 0.2) is 11.5 Å². The number of carbonyl (C=O) groups is 1. The lowest BCUT2D eigenvalue weighted by Gasteiger charge is -2.14. The van der Waals surface area contributed by atoms with E-state index in [0.29, 0.717) is 34.3 Å². The minimum atomic E-state index is -0.394. The number of ether oxygens (including phenoxy) is 3. The second kappa shape index (κ2) is 8.96. The Hall–Kier alpha value is -3.75. The average molecular weight is 399 g/mol. The average Bonchev–Trinajstić information content (AvgIpc) is 3.26. The summed E-state index contributed by atoms with van der Waals surface area (Å²) in [5.74, 6) is 1.61. The van der Waals surface area contributed by atoms with Gasteiger partial charge < -0.3 is 23.9 Å². The number of hydrogen-bond acceptors (Lipinski definition) is 7. The highest BCUT2D eigenvalue weighted by molar-refractivity contribution is 5.75. The van der Waals surface area contributed by atoms with Crippen LogP contribution in [0.25, 0.3) is 11.3 Å². The molecule has 0 saturated heterocycles. The van der Waals surface area contributed by atoms with Crippen LogP contribution in [0.15, 0.2) is 51.9 Å². The molecule has 1 amide bonds. The van der Waals surface area contributed by atoms with E-state index < -0.39 is 5.56 Å². The molecule has 0 aliphatic heterocycles. The van der Waals surface area contributed by atoms with Crippen LogP contribution in [-0.2, 0) is 17.9 Å². The number of carbonyl (C=O) groups excluding carboxylic acids is 1. The van der Waals surface area contributed by atoms with Gasteiger partial charge in [-0.1, -0.05) is 0 Å². The number of methoxy groups -OCH3 is 3. The van der Waals surface area contributed by atoms with Gasteiger partial charge in [0.2, 0.25) is 11.7 Å². The molecule has 0 aliphatic rings. The lowest BCUT2D eigenvalue weighted by molar-refractivity contribution is -0.122. The molecule has 0 atom stereocenters. The maximum atomic E-state index is 12.2. The molecule has 0 fully saturated rings. The van der Waals surface area contributed by atoms with Crippen molar-refractivity contribution in [3.05, 3.63) is 58.8 Å². The molecule has 3 aromatic rings. The molecule has 0 saturated carbocycles. The van der Waals surface area contributed by atoms with E-state index in [1.165, 1.54) is 33.7 Å². The van der Waals surface area contributed by atoms with E-state index in [1.807, 2.05) is 0 Å². The van der Waals surface area contributed by atoms with Crippen molar-refractivity contribution in [2.24, 2.45) is 0 Å². The second-order valence-electron chi connectivity index (χ2n) is 5.98. The van der Waals surface area contributed by atoms with Gasteiger partial charge in [0.1, 0.15) is 12.3 Å². The maximum absolute atomic E-state index is 12.2. The molecule has 152 valence electrons. The van der Waals surface area contributed by atoms with Crippen molar-refractivity contribution < 1.29 is 23.4 Å². The molecule has 9 heteroatoms. The monoisotopic (exact) mass is 399 g/mol. The van der Waals surface area contributed by atoms with Crippen LogP contribution in [0.5, 0.6) is 17.2 Å². The molecule has 1 aromatic carbocycles. The van der Waals surface area contributed by atoms with E-state index in [4.69, 9.17) is 18.6 Å². The normalized spacial score (nSPS) is 10.4. The smallest absolute Gasteiger partial charge is 0.267 e. The molecular formula is C20H21N3O6. The largest absolute Gasteiger partial charge is 0.493 e. The van der Waals surface area contributed by atoms with E-state index in [-0.39, 0.29) is 19.0 Å². The van der Waals surface area contributed by atoms with Crippen molar-refractivity contribution in [2.45, 2.75) is 13.1 Å². The molecule has 29 heavy (non-hydrogen) atoms. The van der Waals surface area contributed by atoms with Crippen molar-refractivity contribution >= 4 is 5.91 Å². The number of nitrogens with zero attached hydrogens (tertiary/aromatic N) is 2. The maximum Gasteiger partial charge on any atom is 0.267 e. The summed E-state index contributed by atoms with van der Waals surface area (Å²) in [5, 5.41) is 6.98. The van der Waals surface area contributed by atoms with Crippen LogP contribution >= 0.6 is 0 Å². The number of amides is 1. The van der Waals surface area contributed by atoms with E-state index in [0.717, 1.165) is 4.68 Å². The molecule has 0 unspecified atom stereocenters. The van der Waals surface area contributed by atoms with E-state index in [1.54, 1.807) is 30.3 Å². The van der Waals surface area contributed by atoms with Gasteiger partial charge in [0, 0.05) is 11.6 Å². The first-order valence-electron chi connectivity index (χ1n) is 8.73. The fourth-order valence-corrected chi connectivity index (χ4v) is 2.74. The molecule has 0 bridgehead atoms. The first kappa shape index (κ1) is 20.0. The summed E-state index contributed by atoms with van der Waals surface area (Å²) in [5.41, 5.74) is 0.723. The van der Waals surface area contributed by atoms with Crippen LogP contribution in [0.2, 0.25) is 0 Å². The fraction of sp³-hybridized carbons (Fsp3) is 0.250. The van der Waals surface area contributed by atoms with Crippen LogP contribution in [0, 0.1) is 0 Å². The van der Waals surface area contributed by atoms with Gasteiger partial charge in [0.25, 0.3) is 5.56 Å². The van der Waals surface area contributed by atoms with E-state index >= 15 is 0 Å².